The van der Waals surface area contributed by atoms with Gasteiger partial charge in [-0.25, -0.2) is 9.97 Å². The van der Waals surface area contributed by atoms with Crippen molar-refractivity contribution < 1.29 is 4.74 Å². The SMILES string of the molecule is C[C@@H]1CN(c2nc(-c3ccc(C(C)(C)C)cc3)nc3ccccc23)C[C@@H](C)O1. The van der Waals surface area contributed by atoms with Crippen LogP contribution in [-0.2, 0) is 10.2 Å². The van der Waals surface area contributed by atoms with Gasteiger partial charge in [0.25, 0.3) is 0 Å². The van der Waals surface area contributed by atoms with Crippen LogP contribution in [0.15, 0.2) is 48.5 Å². The first kappa shape index (κ1) is 18.9. The molecular formula is C24H29N3O. The summed E-state index contributed by atoms with van der Waals surface area (Å²) in [7, 11) is 0. The molecule has 4 heteroatoms. The molecule has 0 amide bonds. The van der Waals surface area contributed by atoms with E-state index < -0.39 is 0 Å². The number of aromatic nitrogens is 2. The Bertz CT molecular complexity index is 965. The van der Waals surface area contributed by atoms with Gasteiger partial charge in [0, 0.05) is 24.0 Å². The van der Waals surface area contributed by atoms with Gasteiger partial charge in [0.15, 0.2) is 5.82 Å². The minimum absolute atomic E-state index is 0.133. The average Bonchev–Trinajstić information content (AvgIpc) is 2.66. The molecule has 0 aliphatic carbocycles. The summed E-state index contributed by atoms with van der Waals surface area (Å²) >= 11 is 0. The van der Waals surface area contributed by atoms with Crippen LogP contribution in [-0.4, -0.2) is 35.3 Å². The molecule has 1 fully saturated rings. The lowest BCUT2D eigenvalue weighted by molar-refractivity contribution is -0.00536. The number of ether oxygens (including phenoxy) is 1. The quantitative estimate of drug-likeness (QED) is 0.616. The molecule has 4 rings (SSSR count). The van der Waals surface area contributed by atoms with E-state index in [1.54, 1.807) is 0 Å². The lowest BCUT2D eigenvalue weighted by atomic mass is 9.87. The second-order valence-electron chi connectivity index (χ2n) is 8.88. The first-order valence-corrected chi connectivity index (χ1v) is 10.1. The first-order valence-electron chi connectivity index (χ1n) is 10.1. The van der Waals surface area contributed by atoms with Crippen molar-refractivity contribution >= 4 is 16.7 Å². The molecule has 0 N–H and O–H groups in total. The second kappa shape index (κ2) is 7.17. The van der Waals surface area contributed by atoms with Gasteiger partial charge < -0.3 is 9.64 Å². The number of nitrogens with zero attached hydrogens (tertiary/aromatic N) is 3. The van der Waals surface area contributed by atoms with Gasteiger partial charge in [0.2, 0.25) is 0 Å². The number of morpholine rings is 1. The molecule has 3 aromatic rings. The summed E-state index contributed by atoms with van der Waals surface area (Å²) in [5.74, 6) is 1.78. The fourth-order valence-electron chi connectivity index (χ4n) is 3.90. The largest absolute Gasteiger partial charge is 0.372 e. The Morgan fingerprint density at radius 2 is 1.54 bits per heavy atom. The number of hydrogen-bond donors (Lipinski definition) is 0. The Kier molecular flexibility index (Phi) is 4.84. The van der Waals surface area contributed by atoms with E-state index in [0.717, 1.165) is 41.2 Å². The zero-order valence-electron chi connectivity index (χ0n) is 17.4. The van der Waals surface area contributed by atoms with Crippen molar-refractivity contribution in [1.29, 1.82) is 0 Å². The van der Waals surface area contributed by atoms with Crippen LogP contribution in [0.5, 0.6) is 0 Å². The summed E-state index contributed by atoms with van der Waals surface area (Å²) in [6, 6.07) is 16.9. The number of benzene rings is 2. The number of fused-ring (bicyclic) bond motifs is 1. The number of hydrogen-bond acceptors (Lipinski definition) is 4. The van der Waals surface area contributed by atoms with Gasteiger partial charge in [0.1, 0.15) is 5.82 Å². The molecule has 0 unspecified atom stereocenters. The molecule has 2 atom stereocenters. The highest BCUT2D eigenvalue weighted by atomic mass is 16.5. The van der Waals surface area contributed by atoms with Crippen LogP contribution < -0.4 is 4.90 Å². The molecule has 28 heavy (non-hydrogen) atoms. The van der Waals surface area contributed by atoms with Gasteiger partial charge in [0.05, 0.1) is 17.7 Å². The standard InChI is InChI=1S/C24H29N3O/c1-16-14-27(15-17(2)28-16)23-20-8-6-7-9-21(20)25-22(26-23)18-10-12-19(13-11-18)24(3,4)5/h6-13,16-17H,14-15H2,1-5H3/t16-,17-/m1/s1. The Labute approximate surface area is 167 Å². The molecule has 0 radical (unpaired) electrons. The van der Waals surface area contributed by atoms with E-state index in [1.165, 1.54) is 5.56 Å². The van der Waals surface area contributed by atoms with E-state index in [1.807, 2.05) is 6.07 Å². The molecule has 1 aliphatic rings. The Balaban J connectivity index is 1.80. The third kappa shape index (κ3) is 3.74. The molecule has 1 aromatic heterocycles. The summed E-state index contributed by atoms with van der Waals surface area (Å²) in [6.07, 6.45) is 0.374. The summed E-state index contributed by atoms with van der Waals surface area (Å²) in [5.41, 5.74) is 3.48. The molecule has 2 heterocycles. The van der Waals surface area contributed by atoms with E-state index in [2.05, 4.69) is 82.0 Å². The highest BCUT2D eigenvalue weighted by Gasteiger charge is 2.25. The maximum atomic E-state index is 5.92. The molecule has 1 aliphatic heterocycles. The maximum absolute atomic E-state index is 5.92. The first-order chi connectivity index (χ1) is 13.3. The van der Waals surface area contributed by atoms with E-state index in [-0.39, 0.29) is 17.6 Å². The van der Waals surface area contributed by atoms with Crippen LogP contribution in [0.3, 0.4) is 0 Å². The molecule has 4 nitrogen and oxygen atoms in total. The normalized spacial score (nSPS) is 20.5. The van der Waals surface area contributed by atoms with Gasteiger partial charge >= 0.3 is 0 Å². The molecule has 1 saturated heterocycles. The van der Waals surface area contributed by atoms with E-state index >= 15 is 0 Å². The van der Waals surface area contributed by atoms with Gasteiger partial charge in [-0.15, -0.1) is 0 Å². The number of para-hydroxylation sites is 1. The van der Waals surface area contributed by atoms with E-state index in [9.17, 15) is 0 Å². The van der Waals surface area contributed by atoms with Crippen molar-refractivity contribution in [2.24, 2.45) is 0 Å². The maximum Gasteiger partial charge on any atom is 0.162 e. The van der Waals surface area contributed by atoms with Crippen molar-refractivity contribution in [1.82, 2.24) is 9.97 Å². The summed E-state index contributed by atoms with van der Waals surface area (Å²) in [4.78, 5) is 12.2. The van der Waals surface area contributed by atoms with Gasteiger partial charge in [-0.1, -0.05) is 57.2 Å². The summed E-state index contributed by atoms with van der Waals surface area (Å²) < 4.78 is 5.92. The van der Waals surface area contributed by atoms with Crippen molar-refractivity contribution in [2.45, 2.75) is 52.2 Å². The minimum atomic E-state index is 0.133. The predicted octanol–water partition coefficient (Wildman–Crippen LogP) is 5.21. The van der Waals surface area contributed by atoms with Crippen molar-refractivity contribution in [3.05, 3.63) is 54.1 Å². The van der Waals surface area contributed by atoms with Gasteiger partial charge in [-0.05, 0) is 37.0 Å². The topological polar surface area (TPSA) is 38.2 Å². The average molecular weight is 376 g/mol. The molecular weight excluding hydrogens is 346 g/mol. The zero-order valence-corrected chi connectivity index (χ0v) is 17.4. The Hall–Kier alpha value is -2.46. The molecule has 0 spiro atoms. The molecule has 2 aromatic carbocycles. The van der Waals surface area contributed by atoms with Crippen LogP contribution in [0, 0.1) is 0 Å². The van der Waals surface area contributed by atoms with Gasteiger partial charge in [-0.3, -0.25) is 0 Å². The van der Waals surface area contributed by atoms with Crippen molar-refractivity contribution in [3.8, 4) is 11.4 Å². The van der Waals surface area contributed by atoms with Crippen LogP contribution in [0.1, 0.15) is 40.2 Å². The van der Waals surface area contributed by atoms with E-state index in [4.69, 9.17) is 14.7 Å². The van der Waals surface area contributed by atoms with Crippen LogP contribution in [0.25, 0.3) is 22.3 Å². The summed E-state index contributed by atoms with van der Waals surface area (Å²) in [6.45, 7) is 12.6. The highest BCUT2D eigenvalue weighted by Crippen LogP contribution is 2.30. The second-order valence-corrected chi connectivity index (χ2v) is 8.88. The number of anilines is 1. The Morgan fingerprint density at radius 1 is 0.893 bits per heavy atom. The third-order valence-electron chi connectivity index (χ3n) is 5.31. The van der Waals surface area contributed by atoms with Crippen LogP contribution in [0.2, 0.25) is 0 Å². The minimum Gasteiger partial charge on any atom is -0.372 e. The fourth-order valence-corrected chi connectivity index (χ4v) is 3.90. The fraction of sp³-hybridized carbons (Fsp3) is 0.417. The number of rotatable bonds is 2. The zero-order chi connectivity index (χ0) is 19.9. The smallest absolute Gasteiger partial charge is 0.162 e. The van der Waals surface area contributed by atoms with Gasteiger partial charge in [-0.2, -0.15) is 0 Å². The van der Waals surface area contributed by atoms with Crippen molar-refractivity contribution in [3.63, 3.8) is 0 Å². The molecule has 0 saturated carbocycles. The van der Waals surface area contributed by atoms with Crippen molar-refractivity contribution in [2.75, 3.05) is 18.0 Å². The highest BCUT2D eigenvalue weighted by molar-refractivity contribution is 5.91. The van der Waals surface area contributed by atoms with E-state index in [0.29, 0.717) is 0 Å². The monoisotopic (exact) mass is 375 g/mol. The summed E-state index contributed by atoms with van der Waals surface area (Å²) in [5, 5.41) is 1.10. The van der Waals surface area contributed by atoms with Crippen LogP contribution >= 0.6 is 0 Å². The predicted molar refractivity (Wildman–Crippen MR) is 116 cm³/mol. The Morgan fingerprint density at radius 3 is 2.18 bits per heavy atom. The lowest BCUT2D eigenvalue weighted by Crippen LogP contribution is -2.46. The third-order valence-corrected chi connectivity index (χ3v) is 5.31. The molecule has 0 bridgehead atoms. The molecule has 146 valence electrons. The lowest BCUT2D eigenvalue weighted by Gasteiger charge is -2.36. The van der Waals surface area contributed by atoms with Crippen LogP contribution in [0.4, 0.5) is 5.82 Å².